The van der Waals surface area contributed by atoms with Gasteiger partial charge >= 0.3 is 6.18 Å². The monoisotopic (exact) mass is 193 g/mol. The zero-order valence-electron chi connectivity index (χ0n) is 5.92. The highest BCUT2D eigenvalue weighted by Crippen LogP contribution is 2.21. The van der Waals surface area contributed by atoms with Gasteiger partial charge in [0.25, 0.3) is 5.78 Å². The fourth-order valence-electron chi connectivity index (χ4n) is 0.425. The summed E-state index contributed by atoms with van der Waals surface area (Å²) in [6.07, 6.45) is -5.69. The number of carbonyl (C=O) groups is 2. The number of nitriles is 1. The lowest BCUT2D eigenvalue weighted by Gasteiger charge is -2.02. The molecule has 0 bridgehead atoms. The van der Waals surface area contributed by atoms with Crippen LogP contribution in [0.2, 0.25) is 0 Å². The van der Waals surface area contributed by atoms with Crippen LogP contribution in [-0.2, 0) is 9.59 Å². The number of halogens is 3. The van der Waals surface area contributed by atoms with Gasteiger partial charge in [0.15, 0.2) is 12.0 Å². The van der Waals surface area contributed by atoms with Gasteiger partial charge in [-0.05, 0) is 0 Å². The lowest BCUT2D eigenvalue weighted by molar-refractivity contribution is -0.166. The Kier molecular flexibility index (Phi) is 3.18. The third-order valence-corrected chi connectivity index (χ3v) is 0.964. The number of Topliss-reactive ketones (excluding diaryl/α,β-unsaturated/α-hetero) is 1. The summed E-state index contributed by atoms with van der Waals surface area (Å²) in [5.41, 5.74) is -1.61. The normalized spacial score (nSPS) is 12.8. The van der Waals surface area contributed by atoms with Crippen molar-refractivity contribution in [2.24, 2.45) is 0 Å². The van der Waals surface area contributed by atoms with Gasteiger partial charge in [-0.3, -0.25) is 9.59 Å². The Balaban J connectivity index is 5.19. The van der Waals surface area contributed by atoms with Crippen molar-refractivity contribution in [2.45, 2.75) is 6.18 Å². The van der Waals surface area contributed by atoms with Crippen LogP contribution in [0.5, 0.6) is 0 Å². The Labute approximate surface area is 69.9 Å². The average Bonchev–Trinajstić information content (AvgIpc) is 2.03. The molecule has 0 saturated carbocycles. The van der Waals surface area contributed by atoms with Crippen LogP contribution in [0.4, 0.5) is 13.2 Å². The molecule has 0 aliphatic carbocycles. The fourth-order valence-corrected chi connectivity index (χ4v) is 0.425. The number of alkyl halides is 3. The second-order valence-electron chi connectivity index (χ2n) is 1.82. The predicted octanol–water partition coefficient (Wildman–Crippen LogP) is 0.652. The minimum Gasteiger partial charge on any atom is -0.504 e. The van der Waals surface area contributed by atoms with E-state index in [0.29, 0.717) is 0 Å². The van der Waals surface area contributed by atoms with Crippen LogP contribution in [0, 0.1) is 11.3 Å². The molecule has 1 N–H and O–H groups in total. The van der Waals surface area contributed by atoms with Crippen LogP contribution in [0.3, 0.4) is 0 Å². The van der Waals surface area contributed by atoms with E-state index < -0.39 is 29.6 Å². The molecule has 0 aromatic heterocycles. The number of hydrogen-bond acceptors (Lipinski definition) is 4. The largest absolute Gasteiger partial charge is 0.504 e. The highest BCUT2D eigenvalue weighted by Gasteiger charge is 2.42. The van der Waals surface area contributed by atoms with Gasteiger partial charge in [0, 0.05) is 0 Å². The Bertz CT molecular complexity index is 310. The molecular weight excluding hydrogens is 191 g/mol. The lowest BCUT2D eigenvalue weighted by Crippen LogP contribution is -2.25. The van der Waals surface area contributed by atoms with Crippen LogP contribution in [0.15, 0.2) is 11.3 Å². The molecule has 0 saturated heterocycles. The number of nitrogens with zero attached hydrogens (tertiary/aromatic N) is 1. The predicted molar refractivity (Wildman–Crippen MR) is 32.4 cm³/mol. The van der Waals surface area contributed by atoms with E-state index >= 15 is 0 Å². The van der Waals surface area contributed by atoms with Gasteiger partial charge in [0.1, 0.15) is 11.6 Å². The van der Waals surface area contributed by atoms with E-state index in [4.69, 9.17) is 10.4 Å². The first kappa shape index (κ1) is 11.2. The maximum absolute atomic E-state index is 11.6. The molecule has 0 aromatic carbocycles. The van der Waals surface area contributed by atoms with E-state index in [2.05, 4.69) is 0 Å². The van der Waals surface area contributed by atoms with E-state index in [1.54, 1.807) is 0 Å². The third kappa shape index (κ3) is 2.59. The Morgan fingerprint density at radius 3 is 2.15 bits per heavy atom. The summed E-state index contributed by atoms with van der Waals surface area (Å²) in [4.78, 5) is 20.0. The van der Waals surface area contributed by atoms with Crippen molar-refractivity contribution in [1.82, 2.24) is 0 Å². The number of aliphatic hydroxyl groups is 1. The molecule has 0 atom stereocenters. The quantitative estimate of drug-likeness (QED) is 0.302. The number of ketones is 1. The van der Waals surface area contributed by atoms with Crippen LogP contribution in [0.1, 0.15) is 0 Å². The third-order valence-electron chi connectivity index (χ3n) is 0.964. The molecule has 13 heavy (non-hydrogen) atoms. The van der Waals surface area contributed by atoms with Crippen molar-refractivity contribution in [3.05, 3.63) is 11.3 Å². The fraction of sp³-hybridized carbons (Fsp3) is 0.167. The molecule has 0 heterocycles. The van der Waals surface area contributed by atoms with Crippen LogP contribution in [-0.4, -0.2) is 23.4 Å². The van der Waals surface area contributed by atoms with Gasteiger partial charge in [0.2, 0.25) is 0 Å². The summed E-state index contributed by atoms with van der Waals surface area (Å²) in [6, 6.07) is 0.788. The summed E-state index contributed by atoms with van der Waals surface area (Å²) >= 11 is 0. The van der Waals surface area contributed by atoms with Gasteiger partial charge in [-0.1, -0.05) is 0 Å². The topological polar surface area (TPSA) is 78.2 Å². The van der Waals surface area contributed by atoms with E-state index in [0.717, 1.165) is 6.07 Å². The molecule has 4 nitrogen and oxygen atoms in total. The molecule has 0 amide bonds. The minimum atomic E-state index is -5.28. The average molecular weight is 193 g/mol. The van der Waals surface area contributed by atoms with Gasteiger partial charge < -0.3 is 5.11 Å². The van der Waals surface area contributed by atoms with Crippen molar-refractivity contribution < 1.29 is 27.9 Å². The second-order valence-corrected chi connectivity index (χ2v) is 1.82. The van der Waals surface area contributed by atoms with E-state index in [9.17, 15) is 22.8 Å². The number of allylic oxidation sites excluding steroid dienone is 2. The number of rotatable bonds is 2. The standard InChI is InChI=1S/C6H2F3NO3/c7-6(8,9)5(13)3(1-10)4(12)2-11/h2,12H. The molecule has 0 radical (unpaired) electrons. The molecule has 0 aliphatic heterocycles. The van der Waals surface area contributed by atoms with Crippen molar-refractivity contribution in [1.29, 1.82) is 5.26 Å². The van der Waals surface area contributed by atoms with E-state index in [1.807, 2.05) is 0 Å². The first-order chi connectivity index (χ1) is 5.84. The minimum absolute atomic E-state index is 0.414. The molecule has 70 valence electrons. The molecule has 0 unspecified atom stereocenters. The Morgan fingerprint density at radius 1 is 1.46 bits per heavy atom. The molecule has 7 heteroatoms. The van der Waals surface area contributed by atoms with Crippen LogP contribution >= 0.6 is 0 Å². The number of carbonyl (C=O) groups excluding carboxylic acids is 2. The van der Waals surface area contributed by atoms with Crippen molar-refractivity contribution in [3.8, 4) is 6.07 Å². The molecule has 0 aromatic rings. The van der Waals surface area contributed by atoms with Gasteiger partial charge in [-0.2, -0.15) is 18.4 Å². The van der Waals surface area contributed by atoms with Crippen molar-refractivity contribution >= 4 is 12.1 Å². The van der Waals surface area contributed by atoms with Gasteiger partial charge in [-0.15, -0.1) is 0 Å². The molecular formula is C6H2F3NO3. The van der Waals surface area contributed by atoms with E-state index in [1.165, 1.54) is 0 Å². The smallest absolute Gasteiger partial charge is 0.455 e. The Hall–Kier alpha value is -1.84. The summed E-state index contributed by atoms with van der Waals surface area (Å²) < 4.78 is 34.9. The molecule has 0 fully saturated rings. The van der Waals surface area contributed by atoms with Crippen molar-refractivity contribution in [2.75, 3.05) is 0 Å². The maximum atomic E-state index is 11.6. The zero-order chi connectivity index (χ0) is 10.6. The number of aliphatic hydroxyl groups excluding tert-OH is 1. The summed E-state index contributed by atoms with van der Waals surface area (Å²) in [6.45, 7) is 0. The highest BCUT2D eigenvalue weighted by molar-refractivity contribution is 6.06. The Morgan fingerprint density at radius 2 is 1.92 bits per heavy atom. The highest BCUT2D eigenvalue weighted by atomic mass is 19.4. The second kappa shape index (κ2) is 3.71. The summed E-state index contributed by atoms with van der Waals surface area (Å²) in [5, 5.41) is 16.4. The molecule has 0 spiro atoms. The van der Waals surface area contributed by atoms with Gasteiger partial charge in [-0.25, -0.2) is 0 Å². The lowest BCUT2D eigenvalue weighted by atomic mass is 10.1. The molecule has 0 rings (SSSR count). The SMILES string of the molecule is N#CC(C(=O)C(F)(F)F)=C(O)C=O. The number of aldehydes is 1. The van der Waals surface area contributed by atoms with Crippen molar-refractivity contribution in [3.63, 3.8) is 0 Å². The number of hydrogen-bond donors (Lipinski definition) is 1. The first-order valence-electron chi connectivity index (χ1n) is 2.74. The van der Waals surface area contributed by atoms with Crippen LogP contribution in [0.25, 0.3) is 0 Å². The van der Waals surface area contributed by atoms with E-state index in [-0.39, 0.29) is 0 Å². The summed E-state index contributed by atoms with van der Waals surface area (Å²) in [5.74, 6) is -4.07. The first-order valence-corrected chi connectivity index (χ1v) is 2.74. The maximum Gasteiger partial charge on any atom is 0.455 e. The summed E-state index contributed by atoms with van der Waals surface area (Å²) in [7, 11) is 0. The van der Waals surface area contributed by atoms with Gasteiger partial charge in [0.05, 0.1) is 0 Å². The molecule has 0 aliphatic rings. The zero-order valence-corrected chi connectivity index (χ0v) is 5.92. The van der Waals surface area contributed by atoms with Crippen LogP contribution < -0.4 is 0 Å².